The Bertz CT molecular complexity index is 513. The van der Waals surface area contributed by atoms with Crippen molar-refractivity contribution in [3.8, 4) is 0 Å². The maximum absolute atomic E-state index is 12.5. The summed E-state index contributed by atoms with van der Waals surface area (Å²) < 4.78 is 0. The van der Waals surface area contributed by atoms with E-state index in [1.807, 2.05) is 30.0 Å². The summed E-state index contributed by atoms with van der Waals surface area (Å²) >= 11 is 6.19. The van der Waals surface area contributed by atoms with Crippen LogP contribution >= 0.6 is 24.0 Å². The molecule has 0 aromatic heterocycles. The standard InChI is InChI=1S/C15H19ClN2O.ClH/c1-11-2-3-12(13(16)8-11)14(19)18-7-5-15(10-18)4-6-17-9-15;/h2-3,8,17H,4-7,9-10H2,1H3;1H. The highest BCUT2D eigenvalue weighted by Crippen LogP contribution is 2.37. The van der Waals surface area contributed by atoms with Gasteiger partial charge in [-0.1, -0.05) is 17.7 Å². The smallest absolute Gasteiger partial charge is 0.255 e. The first-order chi connectivity index (χ1) is 9.10. The number of carbonyl (C=O) groups is 1. The monoisotopic (exact) mass is 314 g/mol. The van der Waals surface area contributed by atoms with E-state index >= 15 is 0 Å². The summed E-state index contributed by atoms with van der Waals surface area (Å²) in [5.74, 6) is 0.0776. The van der Waals surface area contributed by atoms with Gasteiger partial charge < -0.3 is 10.2 Å². The van der Waals surface area contributed by atoms with E-state index in [0.717, 1.165) is 38.2 Å². The van der Waals surface area contributed by atoms with Crippen molar-refractivity contribution < 1.29 is 4.79 Å². The fraction of sp³-hybridized carbons (Fsp3) is 0.533. The summed E-state index contributed by atoms with van der Waals surface area (Å²) in [5, 5.41) is 3.97. The Morgan fingerprint density at radius 2 is 2.20 bits per heavy atom. The summed E-state index contributed by atoms with van der Waals surface area (Å²) in [6, 6.07) is 5.65. The Kier molecular flexibility index (Phi) is 4.62. The first kappa shape index (κ1) is 15.6. The van der Waals surface area contributed by atoms with Crippen LogP contribution in [-0.4, -0.2) is 37.0 Å². The first-order valence-electron chi connectivity index (χ1n) is 6.86. The number of nitrogens with zero attached hydrogens (tertiary/aromatic N) is 1. The Hall–Kier alpha value is -0.770. The van der Waals surface area contributed by atoms with Gasteiger partial charge in [0.05, 0.1) is 10.6 Å². The molecule has 5 heteroatoms. The van der Waals surface area contributed by atoms with Gasteiger partial charge in [0.25, 0.3) is 5.91 Å². The maximum Gasteiger partial charge on any atom is 0.255 e. The van der Waals surface area contributed by atoms with Crippen molar-refractivity contribution in [2.24, 2.45) is 5.41 Å². The largest absolute Gasteiger partial charge is 0.338 e. The van der Waals surface area contributed by atoms with Crippen LogP contribution in [0.1, 0.15) is 28.8 Å². The molecule has 1 aromatic rings. The second-order valence-electron chi connectivity index (χ2n) is 5.89. The molecule has 3 rings (SSSR count). The van der Waals surface area contributed by atoms with Crippen LogP contribution < -0.4 is 5.32 Å². The van der Waals surface area contributed by atoms with Crippen molar-refractivity contribution in [3.05, 3.63) is 34.3 Å². The molecule has 1 spiro atoms. The Morgan fingerprint density at radius 1 is 1.40 bits per heavy atom. The lowest BCUT2D eigenvalue weighted by atomic mass is 9.86. The quantitative estimate of drug-likeness (QED) is 0.864. The fourth-order valence-corrected chi connectivity index (χ4v) is 3.53. The molecular weight excluding hydrogens is 295 g/mol. The molecule has 1 unspecified atom stereocenters. The molecule has 2 aliphatic rings. The van der Waals surface area contributed by atoms with Crippen molar-refractivity contribution in [2.45, 2.75) is 19.8 Å². The minimum absolute atomic E-state index is 0. The van der Waals surface area contributed by atoms with Gasteiger partial charge in [-0.15, -0.1) is 12.4 Å². The van der Waals surface area contributed by atoms with E-state index in [9.17, 15) is 4.79 Å². The number of rotatable bonds is 1. The molecule has 3 nitrogen and oxygen atoms in total. The van der Waals surface area contributed by atoms with Gasteiger partial charge in [-0.05, 0) is 44.0 Å². The van der Waals surface area contributed by atoms with Gasteiger partial charge in [-0.25, -0.2) is 0 Å². The van der Waals surface area contributed by atoms with Gasteiger partial charge in [0.15, 0.2) is 0 Å². The third-order valence-corrected chi connectivity index (χ3v) is 4.73. The number of halogens is 2. The average molecular weight is 315 g/mol. The lowest BCUT2D eigenvalue weighted by molar-refractivity contribution is 0.0776. The Morgan fingerprint density at radius 3 is 2.85 bits per heavy atom. The van der Waals surface area contributed by atoms with Gasteiger partial charge in [-0.2, -0.15) is 0 Å². The van der Waals surface area contributed by atoms with E-state index in [1.54, 1.807) is 0 Å². The minimum atomic E-state index is 0. The molecule has 1 aromatic carbocycles. The molecule has 0 aliphatic carbocycles. The van der Waals surface area contributed by atoms with Crippen molar-refractivity contribution in [1.82, 2.24) is 10.2 Å². The lowest BCUT2D eigenvalue weighted by Crippen LogP contribution is -2.33. The predicted molar refractivity (Wildman–Crippen MR) is 83.9 cm³/mol. The molecule has 110 valence electrons. The maximum atomic E-state index is 12.5. The van der Waals surface area contributed by atoms with Crippen LogP contribution in [0.4, 0.5) is 0 Å². The minimum Gasteiger partial charge on any atom is -0.338 e. The van der Waals surface area contributed by atoms with Crippen molar-refractivity contribution in [3.63, 3.8) is 0 Å². The van der Waals surface area contributed by atoms with Crippen LogP contribution in [0.3, 0.4) is 0 Å². The van der Waals surface area contributed by atoms with Gasteiger partial charge in [0.1, 0.15) is 0 Å². The van der Waals surface area contributed by atoms with Crippen LogP contribution in [-0.2, 0) is 0 Å². The van der Waals surface area contributed by atoms with Gasteiger partial charge >= 0.3 is 0 Å². The van der Waals surface area contributed by atoms with E-state index in [4.69, 9.17) is 11.6 Å². The molecule has 2 saturated heterocycles. The van der Waals surface area contributed by atoms with Gasteiger partial charge in [0, 0.05) is 25.0 Å². The molecule has 0 radical (unpaired) electrons. The number of carbonyl (C=O) groups excluding carboxylic acids is 1. The zero-order valence-corrected chi connectivity index (χ0v) is 13.2. The van der Waals surface area contributed by atoms with Crippen molar-refractivity contribution in [2.75, 3.05) is 26.2 Å². The highest BCUT2D eigenvalue weighted by molar-refractivity contribution is 6.33. The second-order valence-corrected chi connectivity index (χ2v) is 6.29. The fourth-order valence-electron chi connectivity index (χ4n) is 3.22. The van der Waals surface area contributed by atoms with E-state index < -0.39 is 0 Å². The number of aryl methyl sites for hydroxylation is 1. The topological polar surface area (TPSA) is 32.3 Å². The van der Waals surface area contributed by atoms with Crippen LogP contribution in [0.15, 0.2) is 18.2 Å². The van der Waals surface area contributed by atoms with E-state index in [-0.39, 0.29) is 18.3 Å². The molecule has 1 amide bonds. The highest BCUT2D eigenvalue weighted by Gasteiger charge is 2.42. The van der Waals surface area contributed by atoms with E-state index in [1.165, 1.54) is 6.42 Å². The summed E-state index contributed by atoms with van der Waals surface area (Å²) in [5.41, 5.74) is 2.03. The number of benzene rings is 1. The zero-order chi connectivity index (χ0) is 13.5. The molecule has 2 heterocycles. The second kappa shape index (κ2) is 5.92. The van der Waals surface area contributed by atoms with Gasteiger partial charge in [0.2, 0.25) is 0 Å². The molecular formula is C15H20Cl2N2O. The average Bonchev–Trinajstić information content (AvgIpc) is 3.00. The number of likely N-dealkylation sites (tertiary alicyclic amines) is 1. The zero-order valence-electron chi connectivity index (χ0n) is 11.6. The van der Waals surface area contributed by atoms with Crippen molar-refractivity contribution in [1.29, 1.82) is 0 Å². The number of hydrogen-bond acceptors (Lipinski definition) is 2. The van der Waals surface area contributed by atoms with Gasteiger partial charge in [-0.3, -0.25) is 4.79 Å². The molecule has 20 heavy (non-hydrogen) atoms. The van der Waals surface area contributed by atoms with Crippen molar-refractivity contribution >= 4 is 29.9 Å². The molecule has 0 bridgehead atoms. The summed E-state index contributed by atoms with van der Waals surface area (Å²) in [7, 11) is 0. The molecule has 1 N–H and O–H groups in total. The number of amides is 1. The molecule has 2 fully saturated rings. The Labute approximate surface area is 131 Å². The molecule has 2 aliphatic heterocycles. The normalized spacial score (nSPS) is 25.0. The summed E-state index contributed by atoms with van der Waals surface area (Å²) in [6.45, 7) is 5.81. The third-order valence-electron chi connectivity index (χ3n) is 4.41. The van der Waals surface area contributed by atoms with Crippen LogP contribution in [0.2, 0.25) is 5.02 Å². The Balaban J connectivity index is 0.00000147. The number of nitrogens with one attached hydrogen (secondary N) is 1. The van der Waals surface area contributed by atoms with Crippen LogP contribution in [0, 0.1) is 12.3 Å². The van der Waals surface area contributed by atoms with Crippen LogP contribution in [0.5, 0.6) is 0 Å². The van der Waals surface area contributed by atoms with E-state index in [2.05, 4.69) is 5.32 Å². The SMILES string of the molecule is Cc1ccc(C(=O)N2CCC3(CCNC3)C2)c(Cl)c1.Cl. The predicted octanol–water partition coefficient (Wildman–Crippen LogP) is 2.90. The van der Waals surface area contributed by atoms with Crippen LogP contribution in [0.25, 0.3) is 0 Å². The summed E-state index contributed by atoms with van der Waals surface area (Å²) in [6.07, 6.45) is 2.29. The third kappa shape index (κ3) is 2.80. The molecule has 0 saturated carbocycles. The number of hydrogen-bond donors (Lipinski definition) is 1. The summed E-state index contributed by atoms with van der Waals surface area (Å²) in [4.78, 5) is 14.5. The highest BCUT2D eigenvalue weighted by atomic mass is 35.5. The lowest BCUT2D eigenvalue weighted by Gasteiger charge is -2.23. The first-order valence-corrected chi connectivity index (χ1v) is 7.24. The van der Waals surface area contributed by atoms with E-state index in [0.29, 0.717) is 16.0 Å². The molecule has 1 atom stereocenters.